The van der Waals surface area contributed by atoms with Crippen LogP contribution in [0.1, 0.15) is 5.69 Å². The summed E-state index contributed by atoms with van der Waals surface area (Å²) in [6.45, 7) is 0. The van der Waals surface area contributed by atoms with Crippen LogP contribution < -0.4 is 0 Å². The molecule has 0 aliphatic carbocycles. The van der Waals surface area contributed by atoms with Crippen molar-refractivity contribution in [2.75, 3.05) is 0 Å². The molecular formula is C11H5BrClF3N2. The summed E-state index contributed by atoms with van der Waals surface area (Å²) in [5, 5.41) is 0.427. The van der Waals surface area contributed by atoms with E-state index in [1.165, 1.54) is 6.07 Å². The topological polar surface area (TPSA) is 25.8 Å². The third-order valence-corrected chi connectivity index (χ3v) is 2.70. The van der Waals surface area contributed by atoms with Crippen molar-refractivity contribution in [3.63, 3.8) is 0 Å². The number of alkyl halides is 3. The van der Waals surface area contributed by atoms with Gasteiger partial charge in [-0.1, -0.05) is 23.7 Å². The Labute approximate surface area is 114 Å². The largest absolute Gasteiger partial charge is 0.433 e. The van der Waals surface area contributed by atoms with Gasteiger partial charge >= 0.3 is 6.18 Å². The summed E-state index contributed by atoms with van der Waals surface area (Å²) in [5.74, 6) is 0. The maximum Gasteiger partial charge on any atom is 0.433 e. The molecule has 0 aliphatic rings. The van der Waals surface area contributed by atoms with Gasteiger partial charge in [-0.05, 0) is 34.1 Å². The third-order valence-electron chi connectivity index (χ3n) is 2.11. The van der Waals surface area contributed by atoms with Crippen LogP contribution in [0, 0.1) is 0 Å². The van der Waals surface area contributed by atoms with Crippen molar-refractivity contribution < 1.29 is 13.2 Å². The molecule has 0 atom stereocenters. The van der Waals surface area contributed by atoms with Crippen LogP contribution in [0.3, 0.4) is 0 Å². The van der Waals surface area contributed by atoms with Crippen LogP contribution in [-0.4, -0.2) is 9.97 Å². The highest BCUT2D eigenvalue weighted by atomic mass is 79.9. The number of aromatic nitrogens is 2. The van der Waals surface area contributed by atoms with Crippen molar-refractivity contribution in [2.45, 2.75) is 6.18 Å². The molecule has 0 radical (unpaired) electrons. The lowest BCUT2D eigenvalue weighted by atomic mass is 10.1. The molecule has 2 rings (SSSR count). The van der Waals surface area contributed by atoms with Crippen molar-refractivity contribution in [2.24, 2.45) is 0 Å². The zero-order chi connectivity index (χ0) is 13.3. The summed E-state index contributed by atoms with van der Waals surface area (Å²) in [6, 6.07) is 7.32. The van der Waals surface area contributed by atoms with Crippen LogP contribution in [0.4, 0.5) is 13.2 Å². The van der Waals surface area contributed by atoms with Crippen molar-refractivity contribution in [3.05, 3.63) is 45.8 Å². The molecule has 0 N–H and O–H groups in total. The first-order valence-electron chi connectivity index (χ1n) is 4.74. The quantitative estimate of drug-likeness (QED) is 0.712. The molecule has 94 valence electrons. The van der Waals surface area contributed by atoms with E-state index in [2.05, 4.69) is 25.9 Å². The summed E-state index contributed by atoms with van der Waals surface area (Å²) < 4.78 is 37.7. The standard InChI is InChI=1S/C11H5BrClF3N2/c12-10-17-8(5-9(18-10)11(14,15)16)6-2-1-3-7(13)4-6/h1-5H. The lowest BCUT2D eigenvalue weighted by Crippen LogP contribution is -2.09. The van der Waals surface area contributed by atoms with Crippen LogP contribution >= 0.6 is 27.5 Å². The Morgan fingerprint density at radius 2 is 1.83 bits per heavy atom. The maximum absolute atomic E-state index is 12.6. The second-order valence-corrected chi connectivity index (χ2v) is 4.56. The minimum absolute atomic E-state index is 0.118. The molecule has 0 saturated carbocycles. The van der Waals surface area contributed by atoms with E-state index in [9.17, 15) is 13.2 Å². The Balaban J connectivity index is 2.55. The van der Waals surface area contributed by atoms with Crippen molar-refractivity contribution >= 4 is 27.5 Å². The lowest BCUT2D eigenvalue weighted by molar-refractivity contribution is -0.141. The van der Waals surface area contributed by atoms with Crippen LogP contribution in [0.5, 0.6) is 0 Å². The van der Waals surface area contributed by atoms with E-state index in [-0.39, 0.29) is 10.4 Å². The SMILES string of the molecule is FC(F)(F)c1cc(-c2cccc(Cl)c2)nc(Br)n1. The predicted molar refractivity (Wildman–Crippen MR) is 65.2 cm³/mol. The van der Waals surface area contributed by atoms with E-state index in [0.717, 1.165) is 6.07 Å². The molecular weight excluding hydrogens is 332 g/mol. The maximum atomic E-state index is 12.6. The number of hydrogen-bond donors (Lipinski definition) is 0. The number of halogens is 5. The van der Waals surface area contributed by atoms with Gasteiger partial charge in [-0.15, -0.1) is 0 Å². The fraction of sp³-hybridized carbons (Fsp3) is 0.0909. The molecule has 1 aromatic carbocycles. The van der Waals surface area contributed by atoms with Crippen LogP contribution in [0.2, 0.25) is 5.02 Å². The lowest BCUT2D eigenvalue weighted by Gasteiger charge is -2.08. The molecule has 0 saturated heterocycles. The van der Waals surface area contributed by atoms with Gasteiger partial charge in [-0.3, -0.25) is 0 Å². The Morgan fingerprint density at radius 3 is 2.44 bits per heavy atom. The van der Waals surface area contributed by atoms with Gasteiger partial charge in [0.15, 0.2) is 4.73 Å². The third kappa shape index (κ3) is 3.00. The number of rotatable bonds is 1. The van der Waals surface area contributed by atoms with Crippen LogP contribution in [-0.2, 0) is 6.18 Å². The minimum Gasteiger partial charge on any atom is -0.222 e. The van der Waals surface area contributed by atoms with Crippen molar-refractivity contribution in [3.8, 4) is 11.3 Å². The van der Waals surface area contributed by atoms with Gasteiger partial charge in [-0.2, -0.15) is 13.2 Å². The van der Waals surface area contributed by atoms with Crippen LogP contribution in [0.25, 0.3) is 11.3 Å². The van der Waals surface area contributed by atoms with E-state index in [0.29, 0.717) is 10.6 Å². The van der Waals surface area contributed by atoms with E-state index in [1.807, 2.05) is 0 Å². The molecule has 0 amide bonds. The van der Waals surface area contributed by atoms with E-state index < -0.39 is 11.9 Å². The van der Waals surface area contributed by atoms with Crippen LogP contribution in [0.15, 0.2) is 35.1 Å². The number of benzene rings is 1. The summed E-state index contributed by atoms with van der Waals surface area (Å²) in [4.78, 5) is 7.21. The first-order valence-corrected chi connectivity index (χ1v) is 5.91. The summed E-state index contributed by atoms with van der Waals surface area (Å²) in [5.41, 5.74) is -0.345. The van der Waals surface area contributed by atoms with E-state index in [1.54, 1.807) is 18.2 Å². The Bertz CT molecular complexity index is 587. The second-order valence-electron chi connectivity index (χ2n) is 3.42. The Morgan fingerprint density at radius 1 is 1.11 bits per heavy atom. The predicted octanol–water partition coefficient (Wildman–Crippen LogP) is 4.58. The van der Waals surface area contributed by atoms with E-state index in [4.69, 9.17) is 11.6 Å². The Hall–Kier alpha value is -1.14. The molecule has 18 heavy (non-hydrogen) atoms. The van der Waals surface area contributed by atoms with Crippen molar-refractivity contribution in [1.82, 2.24) is 9.97 Å². The van der Waals surface area contributed by atoms with Gasteiger partial charge in [-0.25, -0.2) is 9.97 Å². The van der Waals surface area contributed by atoms with Crippen molar-refractivity contribution in [1.29, 1.82) is 0 Å². The molecule has 0 aliphatic heterocycles. The van der Waals surface area contributed by atoms with Gasteiger partial charge in [0, 0.05) is 10.6 Å². The molecule has 0 fully saturated rings. The second kappa shape index (κ2) is 4.85. The van der Waals surface area contributed by atoms with E-state index >= 15 is 0 Å². The molecule has 0 spiro atoms. The summed E-state index contributed by atoms with van der Waals surface area (Å²) in [7, 11) is 0. The molecule has 2 aromatic rings. The van der Waals surface area contributed by atoms with Gasteiger partial charge in [0.25, 0.3) is 0 Å². The van der Waals surface area contributed by atoms with Gasteiger partial charge in [0.2, 0.25) is 0 Å². The zero-order valence-corrected chi connectivity index (χ0v) is 11.0. The average molecular weight is 338 g/mol. The van der Waals surface area contributed by atoms with Gasteiger partial charge in [0.05, 0.1) is 5.69 Å². The molecule has 0 unspecified atom stereocenters. The highest BCUT2D eigenvalue weighted by Gasteiger charge is 2.33. The molecule has 2 nitrogen and oxygen atoms in total. The number of nitrogens with zero attached hydrogens (tertiary/aromatic N) is 2. The molecule has 7 heteroatoms. The highest BCUT2D eigenvalue weighted by Crippen LogP contribution is 2.31. The summed E-state index contributed by atoms with van der Waals surface area (Å²) >= 11 is 8.65. The first kappa shape index (κ1) is 13.3. The fourth-order valence-electron chi connectivity index (χ4n) is 1.36. The fourth-order valence-corrected chi connectivity index (χ4v) is 1.93. The monoisotopic (exact) mass is 336 g/mol. The Kier molecular flexibility index (Phi) is 3.59. The molecule has 1 heterocycles. The van der Waals surface area contributed by atoms with Gasteiger partial charge in [0.1, 0.15) is 5.69 Å². The minimum atomic E-state index is -4.52. The molecule has 1 aromatic heterocycles. The van der Waals surface area contributed by atoms with Gasteiger partial charge < -0.3 is 0 Å². The smallest absolute Gasteiger partial charge is 0.222 e. The zero-order valence-electron chi connectivity index (χ0n) is 8.67. The number of hydrogen-bond acceptors (Lipinski definition) is 2. The summed E-state index contributed by atoms with van der Waals surface area (Å²) in [6.07, 6.45) is -4.52. The first-order chi connectivity index (χ1) is 8.36. The highest BCUT2D eigenvalue weighted by molar-refractivity contribution is 9.10. The average Bonchev–Trinajstić information content (AvgIpc) is 2.27. The normalized spacial score (nSPS) is 11.6. The molecule has 0 bridgehead atoms.